The van der Waals surface area contributed by atoms with Gasteiger partial charge in [-0.2, -0.15) is 0 Å². The predicted octanol–water partition coefficient (Wildman–Crippen LogP) is 0.0574. The molecule has 1 saturated carbocycles. The third-order valence-corrected chi connectivity index (χ3v) is 5.01. The van der Waals surface area contributed by atoms with E-state index in [9.17, 15) is 19.2 Å². The molecule has 22 heavy (non-hydrogen) atoms. The molecule has 0 radical (unpaired) electrons. The van der Waals surface area contributed by atoms with Gasteiger partial charge >= 0.3 is 11.9 Å². The Morgan fingerprint density at radius 2 is 1.95 bits per heavy atom. The molecule has 4 aliphatic rings. The van der Waals surface area contributed by atoms with E-state index in [0.717, 1.165) is 4.90 Å². The maximum absolute atomic E-state index is 12.5. The van der Waals surface area contributed by atoms with Crippen LogP contribution in [0.15, 0.2) is 12.2 Å². The van der Waals surface area contributed by atoms with Crippen LogP contribution >= 0.6 is 0 Å². The molecule has 2 amide bonds. The van der Waals surface area contributed by atoms with E-state index in [1.807, 2.05) is 12.2 Å². The summed E-state index contributed by atoms with van der Waals surface area (Å²) in [6.45, 7) is -0.591. The summed E-state index contributed by atoms with van der Waals surface area (Å²) in [4.78, 5) is 48.1. The first kappa shape index (κ1) is 14.7. The van der Waals surface area contributed by atoms with Crippen LogP contribution in [0.25, 0.3) is 0 Å². The highest BCUT2D eigenvalue weighted by Gasteiger charge is 2.59. The zero-order valence-electron chi connectivity index (χ0n) is 12.1. The van der Waals surface area contributed by atoms with Gasteiger partial charge in [-0.25, -0.2) is 0 Å². The van der Waals surface area contributed by atoms with Crippen LogP contribution in [0.4, 0.5) is 0 Å². The van der Waals surface area contributed by atoms with Crippen LogP contribution in [0, 0.1) is 29.6 Å². The lowest BCUT2D eigenvalue weighted by Gasteiger charge is -2.43. The fourth-order valence-corrected chi connectivity index (χ4v) is 4.13. The molecule has 118 valence electrons. The number of carbonyl (C=O) groups is 4. The van der Waals surface area contributed by atoms with Crippen LogP contribution < -0.4 is 0 Å². The van der Waals surface area contributed by atoms with Crippen molar-refractivity contribution in [1.29, 1.82) is 0 Å². The molecule has 1 N–H and O–H groups in total. The van der Waals surface area contributed by atoms with Gasteiger partial charge in [-0.05, 0) is 24.2 Å². The number of esters is 1. The van der Waals surface area contributed by atoms with Gasteiger partial charge in [0.2, 0.25) is 11.8 Å². The van der Waals surface area contributed by atoms with Gasteiger partial charge in [0.25, 0.3) is 0 Å². The zero-order valence-corrected chi connectivity index (χ0v) is 12.1. The topological polar surface area (TPSA) is 101 Å². The molecule has 5 atom stereocenters. The van der Waals surface area contributed by atoms with Gasteiger partial charge in [-0.3, -0.25) is 24.1 Å². The number of methoxy groups -OCH3 is 1. The van der Waals surface area contributed by atoms with Crippen LogP contribution in [0.2, 0.25) is 0 Å². The number of allylic oxidation sites excluding steroid dienone is 2. The molecule has 1 heterocycles. The van der Waals surface area contributed by atoms with Crippen molar-refractivity contribution in [2.24, 2.45) is 29.6 Å². The molecule has 3 aliphatic carbocycles. The second-order valence-corrected chi connectivity index (χ2v) is 6.11. The van der Waals surface area contributed by atoms with Crippen molar-refractivity contribution >= 4 is 23.8 Å². The average molecular weight is 307 g/mol. The molecular weight excluding hydrogens is 290 g/mol. The number of imide groups is 1. The molecule has 7 nitrogen and oxygen atoms in total. The molecule has 0 aromatic rings. The van der Waals surface area contributed by atoms with E-state index in [4.69, 9.17) is 9.84 Å². The van der Waals surface area contributed by atoms with Crippen molar-refractivity contribution in [2.75, 3.05) is 13.7 Å². The van der Waals surface area contributed by atoms with Gasteiger partial charge in [-0.1, -0.05) is 12.2 Å². The summed E-state index contributed by atoms with van der Waals surface area (Å²) < 4.78 is 4.69. The highest BCUT2D eigenvalue weighted by molar-refractivity contribution is 6.07. The van der Waals surface area contributed by atoms with E-state index in [-0.39, 0.29) is 30.1 Å². The zero-order chi connectivity index (χ0) is 16.0. The summed E-state index contributed by atoms with van der Waals surface area (Å²) in [6.07, 6.45) is 4.69. The number of ether oxygens (including phenoxy) is 1. The standard InChI is InChI=1S/C15H17NO6/c1-22-11(19)5-8-4-7-2-3-9(8)13-12(7)14(20)16(15(13)21)6-10(17)18/h2-3,7-9,12-13H,4-6H2,1H3,(H,17,18)/t7-,8-,9+,12-,13+/m1/s1. The van der Waals surface area contributed by atoms with E-state index in [1.54, 1.807) is 0 Å². The summed E-state index contributed by atoms with van der Waals surface area (Å²) in [7, 11) is 1.32. The van der Waals surface area contributed by atoms with Crippen LogP contribution in [0.3, 0.4) is 0 Å². The smallest absolute Gasteiger partial charge is 0.323 e. The van der Waals surface area contributed by atoms with E-state index in [0.29, 0.717) is 6.42 Å². The van der Waals surface area contributed by atoms with Gasteiger partial charge < -0.3 is 9.84 Å². The fraction of sp³-hybridized carbons (Fsp3) is 0.600. The van der Waals surface area contributed by atoms with Crippen molar-refractivity contribution < 1.29 is 29.0 Å². The highest BCUT2D eigenvalue weighted by atomic mass is 16.5. The molecule has 4 rings (SSSR count). The highest BCUT2D eigenvalue weighted by Crippen LogP contribution is 2.53. The minimum absolute atomic E-state index is 0.0368. The first-order valence-corrected chi connectivity index (χ1v) is 7.26. The summed E-state index contributed by atoms with van der Waals surface area (Å²) in [5, 5.41) is 8.87. The summed E-state index contributed by atoms with van der Waals surface area (Å²) in [5.74, 6) is -3.72. The molecule has 1 saturated heterocycles. The number of nitrogens with zero attached hydrogens (tertiary/aromatic N) is 1. The minimum atomic E-state index is -1.20. The minimum Gasteiger partial charge on any atom is -0.480 e. The normalized spacial score (nSPS) is 35.7. The Morgan fingerprint density at radius 3 is 2.59 bits per heavy atom. The van der Waals surface area contributed by atoms with Gasteiger partial charge in [0, 0.05) is 6.42 Å². The second kappa shape index (κ2) is 5.23. The van der Waals surface area contributed by atoms with E-state index in [2.05, 4.69) is 0 Å². The van der Waals surface area contributed by atoms with Gasteiger partial charge in [0.15, 0.2) is 0 Å². The Bertz CT molecular complexity index is 583. The van der Waals surface area contributed by atoms with Crippen molar-refractivity contribution in [2.45, 2.75) is 12.8 Å². The number of amides is 2. The molecule has 0 aromatic carbocycles. The number of carbonyl (C=O) groups excluding carboxylic acids is 3. The molecule has 0 aromatic heterocycles. The SMILES string of the molecule is COC(=O)C[C@H]1C[C@H]2C=C[C@@H]1[C@@H]1C(=O)N(CC(=O)O)C(=O)[C@@H]12. The first-order valence-electron chi connectivity index (χ1n) is 7.26. The molecular formula is C15H17NO6. The summed E-state index contributed by atoms with van der Waals surface area (Å²) in [5.41, 5.74) is 0. The molecule has 2 bridgehead atoms. The van der Waals surface area contributed by atoms with Crippen LogP contribution in [-0.2, 0) is 23.9 Å². The number of rotatable bonds is 4. The lowest BCUT2D eigenvalue weighted by molar-refractivity contribution is -0.149. The van der Waals surface area contributed by atoms with Crippen molar-refractivity contribution in [1.82, 2.24) is 4.90 Å². The van der Waals surface area contributed by atoms with Gasteiger partial charge in [0.1, 0.15) is 6.54 Å². The Kier molecular flexibility index (Phi) is 3.50. The van der Waals surface area contributed by atoms with E-state index in [1.165, 1.54) is 7.11 Å². The van der Waals surface area contributed by atoms with Crippen molar-refractivity contribution in [3.8, 4) is 0 Å². The van der Waals surface area contributed by atoms with Crippen LogP contribution in [0.1, 0.15) is 12.8 Å². The van der Waals surface area contributed by atoms with Crippen molar-refractivity contribution in [3.05, 3.63) is 12.2 Å². The maximum atomic E-state index is 12.5. The molecule has 0 unspecified atom stereocenters. The summed E-state index contributed by atoms with van der Waals surface area (Å²) in [6, 6.07) is 0. The second-order valence-electron chi connectivity index (χ2n) is 6.11. The van der Waals surface area contributed by atoms with E-state index < -0.39 is 36.2 Å². The van der Waals surface area contributed by atoms with Crippen molar-refractivity contribution in [3.63, 3.8) is 0 Å². The number of likely N-dealkylation sites (tertiary alicyclic amines) is 1. The molecule has 7 heteroatoms. The van der Waals surface area contributed by atoms with E-state index >= 15 is 0 Å². The summed E-state index contributed by atoms with van der Waals surface area (Å²) >= 11 is 0. The molecule has 1 aliphatic heterocycles. The number of fused-ring (bicyclic) bond motifs is 1. The Hall–Kier alpha value is -2.18. The molecule has 2 fully saturated rings. The lowest BCUT2D eigenvalue weighted by atomic mass is 9.58. The number of carboxylic acid groups (broad SMARTS) is 1. The maximum Gasteiger partial charge on any atom is 0.323 e. The Morgan fingerprint density at radius 1 is 1.27 bits per heavy atom. The van der Waals surface area contributed by atoms with Crippen LogP contribution in [-0.4, -0.2) is 47.4 Å². The Balaban J connectivity index is 1.86. The number of aliphatic carboxylic acids is 1. The lowest BCUT2D eigenvalue weighted by Crippen LogP contribution is -2.44. The number of hydrogen-bond acceptors (Lipinski definition) is 5. The number of hydrogen-bond donors (Lipinski definition) is 1. The van der Waals surface area contributed by atoms with Gasteiger partial charge in [-0.15, -0.1) is 0 Å². The average Bonchev–Trinajstić information content (AvgIpc) is 2.74. The third kappa shape index (κ3) is 2.12. The monoisotopic (exact) mass is 307 g/mol. The fourth-order valence-electron chi connectivity index (χ4n) is 4.13. The quantitative estimate of drug-likeness (QED) is 0.448. The predicted molar refractivity (Wildman–Crippen MR) is 72.2 cm³/mol. The number of carboxylic acids is 1. The van der Waals surface area contributed by atoms with Crippen LogP contribution in [0.5, 0.6) is 0 Å². The largest absolute Gasteiger partial charge is 0.480 e. The van der Waals surface area contributed by atoms with Gasteiger partial charge in [0.05, 0.1) is 18.9 Å². The first-order chi connectivity index (χ1) is 10.4. The third-order valence-electron chi connectivity index (χ3n) is 5.01. The Labute approximate surface area is 126 Å². The molecule has 0 spiro atoms.